The van der Waals surface area contributed by atoms with Crippen LogP contribution in [-0.2, 0) is 9.63 Å². The minimum atomic E-state index is -0.0370. The van der Waals surface area contributed by atoms with Gasteiger partial charge in [-0.3, -0.25) is 9.63 Å². The Morgan fingerprint density at radius 1 is 2.00 bits per heavy atom. The van der Waals surface area contributed by atoms with Gasteiger partial charge in [0.15, 0.2) is 6.10 Å². The van der Waals surface area contributed by atoms with Gasteiger partial charge < -0.3 is 0 Å². The summed E-state index contributed by atoms with van der Waals surface area (Å²) in [7, 11) is 0. The summed E-state index contributed by atoms with van der Waals surface area (Å²) in [5, 5.41) is 1.35. The number of carbonyl (C=O) groups excluding carboxylic acids is 1. The maximum atomic E-state index is 10.1. The molecule has 0 aromatic heterocycles. The van der Waals surface area contributed by atoms with E-state index in [1.54, 1.807) is 0 Å². The first-order chi connectivity index (χ1) is 2.88. The van der Waals surface area contributed by atoms with Gasteiger partial charge in [-0.2, -0.15) is 0 Å². The van der Waals surface area contributed by atoms with E-state index in [2.05, 4.69) is 4.84 Å². The predicted molar refractivity (Wildman–Crippen MR) is 16.6 cm³/mol. The highest BCUT2D eigenvalue weighted by Gasteiger charge is 2.52. The molecule has 3 fully saturated rings. The van der Waals surface area contributed by atoms with Gasteiger partial charge in [0.25, 0.3) is 5.91 Å². The van der Waals surface area contributed by atoms with Gasteiger partial charge in [0.2, 0.25) is 0 Å². The first kappa shape index (κ1) is 2.58. The molecule has 0 radical (unpaired) electrons. The second kappa shape index (κ2) is 0.479. The molecule has 0 spiro atoms. The fourth-order valence-corrected chi connectivity index (χ4v) is 0.560. The van der Waals surface area contributed by atoms with Crippen LogP contribution in [-0.4, -0.2) is 23.6 Å². The maximum absolute atomic E-state index is 10.1. The smallest absolute Gasteiger partial charge is 0.269 e. The van der Waals surface area contributed by atoms with E-state index < -0.39 is 0 Å². The molecule has 3 rings (SSSR count). The first-order valence-corrected chi connectivity index (χ1v) is 1.86. The maximum Gasteiger partial charge on any atom is 0.280 e. The molecule has 1 atom stereocenters. The van der Waals surface area contributed by atoms with E-state index in [1.165, 1.54) is 5.06 Å². The van der Waals surface area contributed by atoms with E-state index in [0.29, 0.717) is 0 Å². The number of hydroxylamine groups is 2. The molecule has 1 amide bonds. The van der Waals surface area contributed by atoms with E-state index in [-0.39, 0.29) is 12.0 Å². The Bertz CT molecular complexity index is 95.4. The van der Waals surface area contributed by atoms with Crippen molar-refractivity contribution in [3.8, 4) is 0 Å². The van der Waals surface area contributed by atoms with Crippen LogP contribution in [0, 0.1) is 0 Å². The molecule has 0 aliphatic carbocycles. The molecule has 1 unspecified atom stereocenters. The lowest BCUT2D eigenvalue weighted by Gasteiger charge is -2.49. The Balaban J connectivity index is 2.29. The van der Waals surface area contributed by atoms with E-state index in [4.69, 9.17) is 0 Å². The van der Waals surface area contributed by atoms with Gasteiger partial charge in [0.05, 0.1) is 6.54 Å². The monoisotopic (exact) mass is 85.0 g/mol. The van der Waals surface area contributed by atoms with Crippen molar-refractivity contribution in [2.75, 3.05) is 6.54 Å². The fourth-order valence-electron chi connectivity index (χ4n) is 0.560. The van der Waals surface area contributed by atoms with Crippen LogP contribution in [0.1, 0.15) is 0 Å². The van der Waals surface area contributed by atoms with Crippen LogP contribution in [0.2, 0.25) is 0 Å². The van der Waals surface area contributed by atoms with Crippen molar-refractivity contribution in [3.05, 3.63) is 0 Å². The van der Waals surface area contributed by atoms with Crippen molar-refractivity contribution in [1.82, 2.24) is 5.06 Å². The molecule has 3 heterocycles. The zero-order valence-corrected chi connectivity index (χ0v) is 3.05. The Kier molecular flexibility index (Phi) is 0.206. The van der Waals surface area contributed by atoms with Gasteiger partial charge in [-0.05, 0) is 0 Å². The van der Waals surface area contributed by atoms with Gasteiger partial charge in [-0.1, -0.05) is 0 Å². The zero-order valence-electron chi connectivity index (χ0n) is 3.05. The summed E-state index contributed by atoms with van der Waals surface area (Å²) in [5.41, 5.74) is 0. The van der Waals surface area contributed by atoms with Crippen LogP contribution in [0.25, 0.3) is 0 Å². The predicted octanol–water partition coefficient (Wildman–Crippen LogP) is -0.858. The van der Waals surface area contributed by atoms with Crippen molar-refractivity contribution in [3.63, 3.8) is 0 Å². The quantitative estimate of drug-likeness (QED) is 0.358. The molecular formula is C3H3NO2. The fraction of sp³-hybridized carbons (Fsp3) is 0.667. The van der Waals surface area contributed by atoms with E-state index in [0.717, 1.165) is 6.54 Å². The number of nitrogens with zero attached hydrogens (tertiary/aromatic N) is 1. The van der Waals surface area contributed by atoms with Crippen molar-refractivity contribution in [2.45, 2.75) is 6.10 Å². The van der Waals surface area contributed by atoms with Crippen molar-refractivity contribution < 1.29 is 9.63 Å². The second-order valence-electron chi connectivity index (χ2n) is 1.49. The van der Waals surface area contributed by atoms with Crippen LogP contribution in [0.5, 0.6) is 0 Å². The molecule has 0 N–H and O–H groups in total. The molecule has 3 aliphatic heterocycles. The highest BCUT2D eigenvalue weighted by Crippen LogP contribution is 2.27. The minimum Gasteiger partial charge on any atom is -0.269 e. The topological polar surface area (TPSA) is 29.5 Å². The Hall–Kier alpha value is -0.570. The lowest BCUT2D eigenvalue weighted by Crippen LogP contribution is -2.71. The molecule has 3 saturated heterocycles. The third kappa shape index (κ3) is 0.0851. The van der Waals surface area contributed by atoms with Crippen LogP contribution in [0.4, 0.5) is 0 Å². The lowest BCUT2D eigenvalue weighted by molar-refractivity contribution is -0.345. The van der Waals surface area contributed by atoms with Crippen LogP contribution in [0.15, 0.2) is 0 Å². The van der Waals surface area contributed by atoms with E-state index in [9.17, 15) is 4.79 Å². The van der Waals surface area contributed by atoms with Crippen molar-refractivity contribution in [2.24, 2.45) is 0 Å². The SMILES string of the molecule is O=C1C2CN1O2. The summed E-state index contributed by atoms with van der Waals surface area (Å²) in [4.78, 5) is 14.7. The molecule has 0 aromatic carbocycles. The van der Waals surface area contributed by atoms with Crippen molar-refractivity contribution >= 4 is 5.91 Å². The van der Waals surface area contributed by atoms with Crippen LogP contribution >= 0.6 is 0 Å². The Morgan fingerprint density at radius 2 is 2.33 bits per heavy atom. The minimum absolute atomic E-state index is 0.0370. The largest absolute Gasteiger partial charge is 0.280 e. The van der Waals surface area contributed by atoms with Crippen molar-refractivity contribution in [1.29, 1.82) is 0 Å². The second-order valence-corrected chi connectivity index (χ2v) is 1.49. The molecule has 0 saturated carbocycles. The van der Waals surface area contributed by atoms with Gasteiger partial charge in [-0.25, -0.2) is 5.06 Å². The molecule has 3 nitrogen and oxygen atoms in total. The molecule has 2 bridgehead atoms. The van der Waals surface area contributed by atoms with Crippen LogP contribution in [0.3, 0.4) is 0 Å². The molecular weight excluding hydrogens is 82.0 g/mol. The van der Waals surface area contributed by atoms with E-state index in [1.807, 2.05) is 0 Å². The first-order valence-electron chi connectivity index (χ1n) is 1.86. The zero-order chi connectivity index (χ0) is 4.15. The molecule has 3 heteroatoms. The third-order valence-electron chi connectivity index (χ3n) is 1.11. The summed E-state index contributed by atoms with van der Waals surface area (Å²) < 4.78 is 0. The standard InChI is InChI=1S/C3H3NO2/c5-3-2-1-4(3)6-2/h2H,1H2. The Morgan fingerprint density at radius 3 is 2.33 bits per heavy atom. The van der Waals surface area contributed by atoms with Gasteiger partial charge in [-0.15, -0.1) is 0 Å². The summed E-state index contributed by atoms with van der Waals surface area (Å²) in [6.45, 7) is 0.832. The molecule has 32 valence electrons. The highest BCUT2D eigenvalue weighted by molar-refractivity contribution is 5.89. The van der Waals surface area contributed by atoms with Gasteiger partial charge in [0, 0.05) is 0 Å². The average molecular weight is 85.1 g/mol. The van der Waals surface area contributed by atoms with Gasteiger partial charge in [0.1, 0.15) is 0 Å². The molecule has 0 aromatic rings. The number of carbonyl (C=O) groups is 1. The van der Waals surface area contributed by atoms with E-state index >= 15 is 0 Å². The number of hydrogen-bond acceptors (Lipinski definition) is 2. The average Bonchev–Trinajstić information content (AvgIpc) is 1.28. The Labute approximate surface area is 34.4 Å². The van der Waals surface area contributed by atoms with Gasteiger partial charge >= 0.3 is 0 Å². The summed E-state index contributed by atoms with van der Waals surface area (Å²) >= 11 is 0. The summed E-state index contributed by atoms with van der Waals surface area (Å²) in [6, 6.07) is 0. The number of β-lactam (4-membered cyclic amide) rings is 1. The highest BCUT2D eigenvalue weighted by atomic mass is 16.8. The normalized spacial score (nSPS) is 38.3. The third-order valence-corrected chi connectivity index (χ3v) is 1.11. The van der Waals surface area contributed by atoms with Crippen LogP contribution < -0.4 is 0 Å². The molecule has 6 heavy (non-hydrogen) atoms. The molecule has 3 aliphatic rings. The number of rotatable bonds is 0. The number of amides is 1. The number of hydrogen-bond donors (Lipinski definition) is 0. The summed E-state index contributed by atoms with van der Waals surface area (Å²) in [6.07, 6.45) is -0.0370. The lowest BCUT2D eigenvalue weighted by atomic mass is 10.1. The summed E-state index contributed by atoms with van der Waals surface area (Å²) in [5.74, 6) is 0.148.